The van der Waals surface area contributed by atoms with Gasteiger partial charge in [-0.15, -0.1) is 0 Å². The van der Waals surface area contributed by atoms with E-state index >= 15 is 0 Å². The number of amides is 1. The van der Waals surface area contributed by atoms with Crippen LogP contribution in [0.5, 0.6) is 0 Å². The van der Waals surface area contributed by atoms with Crippen molar-refractivity contribution in [1.82, 2.24) is 20.2 Å². The van der Waals surface area contributed by atoms with Gasteiger partial charge in [0.2, 0.25) is 0 Å². The first kappa shape index (κ1) is 20.3. The first-order valence-electron chi connectivity index (χ1n) is 9.01. The number of aromatic nitrogens is 2. The summed E-state index contributed by atoms with van der Waals surface area (Å²) in [5.41, 5.74) is 2.40. The Kier molecular flexibility index (Phi) is 6.66. The Bertz CT molecular complexity index is 811. The molecular weight excluding hydrogens is 384 g/mol. The number of morpholine rings is 1. The summed E-state index contributed by atoms with van der Waals surface area (Å²) in [7, 11) is 0. The molecule has 2 saturated heterocycles. The third-order valence-corrected chi connectivity index (χ3v) is 5.29. The first-order chi connectivity index (χ1) is 13.5. The van der Waals surface area contributed by atoms with E-state index in [4.69, 9.17) is 26.2 Å². The van der Waals surface area contributed by atoms with E-state index in [1.165, 1.54) is 0 Å². The number of carboxylic acid groups (broad SMARTS) is 1. The van der Waals surface area contributed by atoms with Crippen molar-refractivity contribution in [3.63, 3.8) is 0 Å². The highest BCUT2D eigenvalue weighted by molar-refractivity contribution is 6.30. The molecule has 0 spiro atoms. The summed E-state index contributed by atoms with van der Waals surface area (Å²) in [6.07, 6.45) is 2.51. The number of H-pyrrole nitrogens is 1. The number of rotatable bonds is 3. The normalized spacial score (nSPS) is 24.0. The van der Waals surface area contributed by atoms with Crippen molar-refractivity contribution in [3.05, 3.63) is 52.6 Å². The number of ether oxygens (including phenoxy) is 1. The number of halogens is 1. The highest BCUT2D eigenvalue weighted by atomic mass is 35.5. The van der Waals surface area contributed by atoms with Crippen LogP contribution in [0.1, 0.15) is 34.3 Å². The van der Waals surface area contributed by atoms with E-state index < -0.39 is 0 Å². The van der Waals surface area contributed by atoms with Crippen molar-refractivity contribution < 1.29 is 19.4 Å². The maximum atomic E-state index is 12.4. The largest absolute Gasteiger partial charge is 0.483 e. The molecule has 1 amide bonds. The van der Waals surface area contributed by atoms with Gasteiger partial charge in [0.05, 0.1) is 19.0 Å². The summed E-state index contributed by atoms with van der Waals surface area (Å²) in [6, 6.07) is 8.30. The van der Waals surface area contributed by atoms with E-state index in [0.717, 1.165) is 35.8 Å². The van der Waals surface area contributed by atoms with Crippen molar-refractivity contribution in [1.29, 1.82) is 0 Å². The molecule has 8 nitrogen and oxygen atoms in total. The van der Waals surface area contributed by atoms with E-state index in [-0.39, 0.29) is 24.5 Å². The molecule has 0 unspecified atom stereocenters. The average Bonchev–Trinajstić information content (AvgIpc) is 3.27. The molecule has 4 rings (SSSR count). The van der Waals surface area contributed by atoms with Gasteiger partial charge in [0.15, 0.2) is 0 Å². The molecule has 28 heavy (non-hydrogen) atoms. The summed E-state index contributed by atoms with van der Waals surface area (Å²) in [6.45, 7) is 3.96. The van der Waals surface area contributed by atoms with Crippen LogP contribution in [0.25, 0.3) is 0 Å². The number of nitrogens with zero attached hydrogens (tertiary/aromatic N) is 2. The SMILES string of the molecule is Cc1[nH]cnc1C(=O)N[C@H]1C[C@H]2CO[C@@H](c3ccc(Cl)cc3)CN2C1.O=CO. The zero-order valence-electron chi connectivity index (χ0n) is 15.5. The van der Waals surface area contributed by atoms with Crippen LogP contribution >= 0.6 is 11.6 Å². The third-order valence-electron chi connectivity index (χ3n) is 5.04. The van der Waals surface area contributed by atoms with Gasteiger partial charge in [0.1, 0.15) is 5.69 Å². The lowest BCUT2D eigenvalue weighted by Gasteiger charge is -2.35. The number of fused-ring (bicyclic) bond motifs is 1. The first-order valence-corrected chi connectivity index (χ1v) is 9.39. The Hall–Kier alpha value is -2.42. The number of benzene rings is 1. The predicted octanol–water partition coefficient (Wildman–Crippen LogP) is 2.02. The van der Waals surface area contributed by atoms with Gasteiger partial charge in [-0.1, -0.05) is 23.7 Å². The highest BCUT2D eigenvalue weighted by Crippen LogP contribution is 2.30. The summed E-state index contributed by atoms with van der Waals surface area (Å²) in [5.74, 6) is -0.112. The van der Waals surface area contributed by atoms with Gasteiger partial charge in [-0.25, -0.2) is 4.98 Å². The average molecular weight is 407 g/mol. The van der Waals surface area contributed by atoms with Crippen LogP contribution in [0.15, 0.2) is 30.6 Å². The standard InChI is InChI=1S/C18H21ClN4O2.CH2O2/c1-11-17(21-10-20-11)18(24)22-14-6-15-9-25-16(8-23(15)7-14)12-2-4-13(19)5-3-12;2-1-3/h2-5,10,14-16H,6-9H2,1H3,(H,20,21)(H,22,24);1H,(H,2,3)/t14-,15-,16+;/m0./s1. The quantitative estimate of drug-likeness (QED) is 0.673. The van der Waals surface area contributed by atoms with Gasteiger partial charge < -0.3 is 20.1 Å². The van der Waals surface area contributed by atoms with Crippen LogP contribution in [-0.2, 0) is 9.53 Å². The number of aromatic amines is 1. The van der Waals surface area contributed by atoms with Crippen molar-refractivity contribution in [3.8, 4) is 0 Å². The Labute approximate surface area is 167 Å². The third kappa shape index (κ3) is 4.70. The zero-order valence-corrected chi connectivity index (χ0v) is 16.2. The molecule has 1 aromatic carbocycles. The van der Waals surface area contributed by atoms with Crippen molar-refractivity contribution >= 4 is 24.0 Å². The zero-order chi connectivity index (χ0) is 20.1. The van der Waals surface area contributed by atoms with E-state index in [1.807, 2.05) is 31.2 Å². The van der Waals surface area contributed by atoms with Crippen LogP contribution in [0.3, 0.4) is 0 Å². The Balaban J connectivity index is 0.000000706. The Morgan fingerprint density at radius 3 is 2.75 bits per heavy atom. The molecule has 3 atom stereocenters. The van der Waals surface area contributed by atoms with Crippen molar-refractivity contribution in [2.24, 2.45) is 0 Å². The molecule has 150 valence electrons. The molecule has 2 fully saturated rings. The highest BCUT2D eigenvalue weighted by Gasteiger charge is 2.38. The van der Waals surface area contributed by atoms with Crippen LogP contribution < -0.4 is 5.32 Å². The maximum absolute atomic E-state index is 12.4. The fourth-order valence-corrected chi connectivity index (χ4v) is 3.83. The number of hydrogen-bond donors (Lipinski definition) is 3. The fourth-order valence-electron chi connectivity index (χ4n) is 3.70. The number of hydrogen-bond acceptors (Lipinski definition) is 5. The van der Waals surface area contributed by atoms with Crippen LogP contribution in [0.4, 0.5) is 0 Å². The summed E-state index contributed by atoms with van der Waals surface area (Å²) < 4.78 is 6.05. The Morgan fingerprint density at radius 2 is 2.11 bits per heavy atom. The second-order valence-electron chi connectivity index (χ2n) is 6.87. The lowest BCUT2D eigenvalue weighted by molar-refractivity contribution is -0.122. The molecule has 0 bridgehead atoms. The van der Waals surface area contributed by atoms with E-state index in [1.54, 1.807) is 6.33 Å². The fraction of sp³-hybridized carbons (Fsp3) is 0.421. The predicted molar refractivity (Wildman–Crippen MR) is 103 cm³/mol. The second-order valence-corrected chi connectivity index (χ2v) is 7.31. The number of carbonyl (C=O) groups is 2. The molecule has 9 heteroatoms. The molecule has 1 aromatic heterocycles. The number of carbonyl (C=O) groups excluding carboxylic acids is 1. The molecule has 2 aliphatic heterocycles. The van der Waals surface area contributed by atoms with Gasteiger partial charge >= 0.3 is 0 Å². The lowest BCUT2D eigenvalue weighted by Crippen LogP contribution is -2.43. The minimum absolute atomic E-state index is 0.0524. The molecule has 2 aromatic rings. The lowest BCUT2D eigenvalue weighted by atomic mass is 10.1. The maximum Gasteiger partial charge on any atom is 0.290 e. The minimum Gasteiger partial charge on any atom is -0.483 e. The molecule has 0 radical (unpaired) electrons. The van der Waals surface area contributed by atoms with Gasteiger partial charge in [0.25, 0.3) is 12.4 Å². The second kappa shape index (κ2) is 9.18. The van der Waals surface area contributed by atoms with E-state index in [2.05, 4.69) is 20.2 Å². The summed E-state index contributed by atoms with van der Waals surface area (Å²) in [5, 5.41) is 10.7. The van der Waals surface area contributed by atoms with Gasteiger partial charge in [-0.3, -0.25) is 14.5 Å². The minimum atomic E-state index is -0.250. The number of nitrogens with one attached hydrogen (secondary N) is 2. The molecular formula is C19H23ClN4O4. The molecule has 0 saturated carbocycles. The van der Waals surface area contributed by atoms with Gasteiger partial charge in [-0.05, 0) is 31.0 Å². The molecule has 3 heterocycles. The number of imidazole rings is 1. The van der Waals surface area contributed by atoms with Crippen molar-refractivity contribution in [2.45, 2.75) is 31.5 Å². The van der Waals surface area contributed by atoms with Gasteiger partial charge in [-0.2, -0.15) is 0 Å². The molecule has 3 N–H and O–H groups in total. The van der Waals surface area contributed by atoms with Crippen molar-refractivity contribution in [2.75, 3.05) is 19.7 Å². The summed E-state index contributed by atoms with van der Waals surface area (Å²) >= 11 is 5.96. The van der Waals surface area contributed by atoms with E-state index in [0.29, 0.717) is 18.3 Å². The van der Waals surface area contributed by atoms with Crippen LogP contribution in [-0.4, -0.2) is 64.1 Å². The summed E-state index contributed by atoms with van der Waals surface area (Å²) in [4.78, 5) is 30.2. The monoisotopic (exact) mass is 406 g/mol. The molecule has 2 aliphatic rings. The topological polar surface area (TPSA) is 108 Å². The molecule has 0 aliphatic carbocycles. The smallest absolute Gasteiger partial charge is 0.290 e. The Morgan fingerprint density at radius 1 is 1.39 bits per heavy atom. The van der Waals surface area contributed by atoms with E-state index in [9.17, 15) is 4.79 Å². The number of aryl methyl sites for hydroxylation is 1. The van der Waals surface area contributed by atoms with Gasteiger partial charge in [0, 0.05) is 35.9 Å². The van der Waals surface area contributed by atoms with Crippen LogP contribution in [0.2, 0.25) is 5.02 Å². The van der Waals surface area contributed by atoms with Crippen LogP contribution in [0, 0.1) is 6.92 Å².